The van der Waals surface area contributed by atoms with E-state index in [1.165, 1.54) is 0 Å². The van der Waals surface area contributed by atoms with E-state index in [0.29, 0.717) is 0 Å². The summed E-state index contributed by atoms with van der Waals surface area (Å²) in [4.78, 5) is 12.2. The lowest BCUT2D eigenvalue weighted by Gasteiger charge is -2.11. The molecule has 0 aliphatic heterocycles. The van der Waals surface area contributed by atoms with Crippen molar-refractivity contribution in [1.82, 2.24) is 20.6 Å². The second-order valence-corrected chi connectivity index (χ2v) is 5.28. The number of para-hydroxylation sites is 2. The molecule has 6 nitrogen and oxygen atoms in total. The van der Waals surface area contributed by atoms with Crippen LogP contribution in [-0.2, 0) is 11.2 Å². The molecule has 3 N–H and O–H groups in total. The molecule has 2 aromatic rings. The summed E-state index contributed by atoms with van der Waals surface area (Å²) in [6.07, 6.45) is 2.90. The molecule has 1 heterocycles. The number of aromatic amines is 1. The molecule has 0 spiro atoms. The van der Waals surface area contributed by atoms with Gasteiger partial charge in [0, 0.05) is 39.8 Å². The molecule has 126 valence electrons. The number of rotatable bonds is 9. The van der Waals surface area contributed by atoms with Crippen LogP contribution in [-0.4, -0.2) is 49.3 Å². The highest BCUT2D eigenvalue weighted by Gasteiger charge is 2.02. The third kappa shape index (κ3) is 5.90. The lowest BCUT2D eigenvalue weighted by Crippen LogP contribution is -2.38. The fourth-order valence-corrected chi connectivity index (χ4v) is 2.33. The minimum atomic E-state index is 0.773. The highest BCUT2D eigenvalue weighted by molar-refractivity contribution is 5.79. The summed E-state index contributed by atoms with van der Waals surface area (Å²) in [6.45, 7) is 5.29. The Morgan fingerprint density at radius 1 is 1.22 bits per heavy atom. The van der Waals surface area contributed by atoms with Crippen LogP contribution < -0.4 is 10.6 Å². The number of fused-ring (bicyclic) bond motifs is 1. The second-order valence-electron chi connectivity index (χ2n) is 5.28. The van der Waals surface area contributed by atoms with E-state index in [-0.39, 0.29) is 0 Å². The first-order valence-corrected chi connectivity index (χ1v) is 8.29. The SMILES string of the molecule is CCOCCCNC(=NC)NCCCc1nc2ccccc2[nH]1. The number of imidazole rings is 1. The number of hydrogen-bond donors (Lipinski definition) is 3. The zero-order chi connectivity index (χ0) is 16.3. The molecule has 1 aromatic carbocycles. The molecule has 0 aliphatic carbocycles. The Morgan fingerprint density at radius 2 is 2.00 bits per heavy atom. The van der Waals surface area contributed by atoms with Crippen molar-refractivity contribution in [2.75, 3.05) is 33.4 Å². The van der Waals surface area contributed by atoms with Gasteiger partial charge in [0.2, 0.25) is 0 Å². The zero-order valence-corrected chi connectivity index (χ0v) is 14.1. The first kappa shape index (κ1) is 17.3. The molecule has 0 fully saturated rings. The van der Waals surface area contributed by atoms with Crippen molar-refractivity contribution in [2.45, 2.75) is 26.2 Å². The first-order valence-electron chi connectivity index (χ1n) is 8.29. The normalized spacial score (nSPS) is 11.8. The highest BCUT2D eigenvalue weighted by Crippen LogP contribution is 2.10. The lowest BCUT2D eigenvalue weighted by molar-refractivity contribution is 0.145. The molecule has 0 atom stereocenters. The summed E-state index contributed by atoms with van der Waals surface area (Å²) in [5, 5.41) is 6.60. The average molecular weight is 317 g/mol. The topological polar surface area (TPSA) is 74.3 Å². The van der Waals surface area contributed by atoms with Crippen LogP contribution >= 0.6 is 0 Å². The maximum Gasteiger partial charge on any atom is 0.190 e. The summed E-state index contributed by atoms with van der Waals surface area (Å²) in [6, 6.07) is 8.11. The Hall–Kier alpha value is -2.08. The van der Waals surface area contributed by atoms with Gasteiger partial charge in [0.25, 0.3) is 0 Å². The highest BCUT2D eigenvalue weighted by atomic mass is 16.5. The molecular formula is C17H27N5O. The summed E-state index contributed by atoms with van der Waals surface area (Å²) in [5.74, 6) is 1.87. The van der Waals surface area contributed by atoms with E-state index >= 15 is 0 Å². The fourth-order valence-electron chi connectivity index (χ4n) is 2.33. The molecule has 6 heteroatoms. The van der Waals surface area contributed by atoms with Crippen LogP contribution in [0.3, 0.4) is 0 Å². The van der Waals surface area contributed by atoms with Gasteiger partial charge in [-0.2, -0.15) is 0 Å². The Morgan fingerprint density at radius 3 is 2.74 bits per heavy atom. The van der Waals surface area contributed by atoms with Crippen molar-refractivity contribution in [3.05, 3.63) is 30.1 Å². The number of hydrogen-bond acceptors (Lipinski definition) is 3. The van der Waals surface area contributed by atoms with Crippen molar-refractivity contribution in [2.24, 2.45) is 4.99 Å². The minimum Gasteiger partial charge on any atom is -0.382 e. The number of aryl methyl sites for hydroxylation is 1. The Labute approximate surface area is 137 Å². The monoisotopic (exact) mass is 317 g/mol. The van der Waals surface area contributed by atoms with Crippen LogP contribution in [0, 0.1) is 0 Å². The van der Waals surface area contributed by atoms with E-state index in [4.69, 9.17) is 4.74 Å². The maximum atomic E-state index is 5.31. The van der Waals surface area contributed by atoms with E-state index in [9.17, 15) is 0 Å². The lowest BCUT2D eigenvalue weighted by atomic mass is 10.3. The van der Waals surface area contributed by atoms with Gasteiger partial charge in [0.1, 0.15) is 5.82 Å². The molecule has 0 aliphatic rings. The summed E-state index contributed by atoms with van der Waals surface area (Å²) in [5.41, 5.74) is 2.13. The van der Waals surface area contributed by atoms with Crippen molar-refractivity contribution < 1.29 is 4.74 Å². The van der Waals surface area contributed by atoms with E-state index in [1.807, 2.05) is 25.1 Å². The first-order chi connectivity index (χ1) is 11.3. The predicted octanol–water partition coefficient (Wildman–Crippen LogP) is 2.09. The van der Waals surface area contributed by atoms with Gasteiger partial charge in [-0.1, -0.05) is 12.1 Å². The molecule has 0 amide bonds. The number of guanidine groups is 1. The average Bonchev–Trinajstić information content (AvgIpc) is 2.99. The largest absolute Gasteiger partial charge is 0.382 e. The number of aliphatic imine (C=N–C) groups is 1. The number of benzene rings is 1. The molecule has 0 saturated carbocycles. The number of ether oxygens (including phenoxy) is 1. The quantitative estimate of drug-likeness (QED) is 0.376. The minimum absolute atomic E-state index is 0.773. The van der Waals surface area contributed by atoms with Crippen LogP contribution in [0.5, 0.6) is 0 Å². The van der Waals surface area contributed by atoms with Gasteiger partial charge in [-0.05, 0) is 31.9 Å². The molecule has 2 rings (SSSR count). The van der Waals surface area contributed by atoms with Crippen LogP contribution in [0.2, 0.25) is 0 Å². The summed E-state index contributed by atoms with van der Waals surface area (Å²) in [7, 11) is 1.79. The summed E-state index contributed by atoms with van der Waals surface area (Å²) < 4.78 is 5.31. The van der Waals surface area contributed by atoms with Crippen LogP contribution in [0.4, 0.5) is 0 Å². The number of H-pyrrole nitrogens is 1. The van der Waals surface area contributed by atoms with Crippen LogP contribution in [0.1, 0.15) is 25.6 Å². The van der Waals surface area contributed by atoms with Gasteiger partial charge in [-0.3, -0.25) is 4.99 Å². The Kier molecular flexibility index (Phi) is 7.39. The third-order valence-electron chi connectivity index (χ3n) is 3.51. The Bertz CT molecular complexity index is 575. The maximum absolute atomic E-state index is 5.31. The van der Waals surface area contributed by atoms with Gasteiger partial charge in [0.15, 0.2) is 5.96 Å². The van der Waals surface area contributed by atoms with E-state index in [2.05, 4.69) is 31.7 Å². The zero-order valence-electron chi connectivity index (χ0n) is 14.1. The second kappa shape index (κ2) is 9.84. The van der Waals surface area contributed by atoms with Crippen molar-refractivity contribution in [3.8, 4) is 0 Å². The fraction of sp³-hybridized carbons (Fsp3) is 0.529. The van der Waals surface area contributed by atoms with E-state index < -0.39 is 0 Å². The number of nitrogens with one attached hydrogen (secondary N) is 3. The standard InChI is InChI=1S/C17H27N5O/c1-3-23-13-7-12-20-17(18-2)19-11-6-10-16-21-14-8-4-5-9-15(14)22-16/h4-5,8-9H,3,6-7,10-13H2,1-2H3,(H,21,22)(H2,18,19,20). The smallest absolute Gasteiger partial charge is 0.190 e. The summed E-state index contributed by atoms with van der Waals surface area (Å²) >= 11 is 0. The number of nitrogens with zero attached hydrogens (tertiary/aromatic N) is 2. The van der Waals surface area contributed by atoms with Crippen molar-refractivity contribution in [3.63, 3.8) is 0 Å². The van der Waals surface area contributed by atoms with Crippen molar-refractivity contribution in [1.29, 1.82) is 0 Å². The molecule has 0 radical (unpaired) electrons. The van der Waals surface area contributed by atoms with E-state index in [1.54, 1.807) is 7.05 Å². The number of aromatic nitrogens is 2. The van der Waals surface area contributed by atoms with Gasteiger partial charge in [0.05, 0.1) is 11.0 Å². The molecule has 0 bridgehead atoms. The van der Waals surface area contributed by atoms with Gasteiger partial charge in [-0.25, -0.2) is 4.98 Å². The molecule has 23 heavy (non-hydrogen) atoms. The van der Waals surface area contributed by atoms with Crippen LogP contribution in [0.25, 0.3) is 11.0 Å². The van der Waals surface area contributed by atoms with Crippen LogP contribution in [0.15, 0.2) is 29.3 Å². The van der Waals surface area contributed by atoms with Gasteiger partial charge in [-0.15, -0.1) is 0 Å². The van der Waals surface area contributed by atoms with Gasteiger partial charge < -0.3 is 20.4 Å². The predicted molar refractivity (Wildman–Crippen MR) is 94.9 cm³/mol. The molecule has 0 unspecified atom stereocenters. The molecule has 1 aromatic heterocycles. The molecular weight excluding hydrogens is 290 g/mol. The van der Waals surface area contributed by atoms with Crippen molar-refractivity contribution >= 4 is 17.0 Å². The third-order valence-corrected chi connectivity index (χ3v) is 3.51. The van der Waals surface area contributed by atoms with Gasteiger partial charge >= 0.3 is 0 Å². The molecule has 0 saturated heterocycles. The Balaban J connectivity index is 1.63. The van der Waals surface area contributed by atoms with E-state index in [0.717, 1.165) is 68.4 Å².